The van der Waals surface area contributed by atoms with Crippen LogP contribution in [0.15, 0.2) is 16.7 Å². The molecule has 0 saturated carbocycles. The molecule has 0 saturated heterocycles. The van der Waals surface area contributed by atoms with E-state index in [1.807, 2.05) is 0 Å². The van der Waals surface area contributed by atoms with Crippen LogP contribution in [0, 0.1) is 17.5 Å². The van der Waals surface area contributed by atoms with Crippen molar-refractivity contribution < 1.29 is 22.4 Å². The Labute approximate surface area is 125 Å². The van der Waals surface area contributed by atoms with E-state index in [2.05, 4.69) is 10.1 Å². The highest BCUT2D eigenvalue weighted by atomic mass is 19.2. The Morgan fingerprint density at radius 1 is 1.27 bits per heavy atom. The van der Waals surface area contributed by atoms with Crippen LogP contribution in [-0.4, -0.2) is 29.2 Å². The molecule has 0 N–H and O–H groups in total. The van der Waals surface area contributed by atoms with Crippen molar-refractivity contribution in [2.24, 2.45) is 0 Å². The monoisotopic (exact) mass is 315 g/mol. The maximum Gasteiger partial charge on any atom is 0.243 e. The van der Waals surface area contributed by atoms with E-state index in [-0.39, 0.29) is 19.2 Å². The van der Waals surface area contributed by atoms with Gasteiger partial charge in [0.05, 0.1) is 6.04 Å². The van der Waals surface area contributed by atoms with Crippen molar-refractivity contribution in [3.05, 3.63) is 46.9 Å². The van der Waals surface area contributed by atoms with Crippen LogP contribution in [0.3, 0.4) is 0 Å². The first-order chi connectivity index (χ1) is 10.4. The molecule has 8 heteroatoms. The number of benzene rings is 1. The van der Waals surface area contributed by atoms with Crippen molar-refractivity contribution in [3.8, 4) is 0 Å². The molecule has 120 valence electrons. The van der Waals surface area contributed by atoms with Crippen molar-refractivity contribution in [1.82, 2.24) is 15.0 Å². The molecule has 0 bridgehead atoms. The first-order valence-corrected chi connectivity index (χ1v) is 6.57. The lowest BCUT2D eigenvalue weighted by Gasteiger charge is -2.21. The van der Waals surface area contributed by atoms with Crippen LogP contribution in [-0.2, 0) is 17.9 Å². The third-order valence-electron chi connectivity index (χ3n) is 3.25. The topological polar surface area (TPSA) is 51.4 Å². The first kappa shape index (κ1) is 16.4. The molecule has 0 aliphatic carbocycles. The Hall–Kier alpha value is -1.93. The van der Waals surface area contributed by atoms with Crippen LogP contribution in [0.2, 0.25) is 0 Å². The lowest BCUT2D eigenvalue weighted by atomic mass is 10.1. The maximum absolute atomic E-state index is 13.2. The molecule has 1 atom stereocenters. The lowest BCUT2D eigenvalue weighted by Crippen LogP contribution is -2.22. The zero-order chi connectivity index (χ0) is 16.3. The number of ether oxygens (including phenoxy) is 1. The second-order valence-electron chi connectivity index (χ2n) is 4.95. The van der Waals surface area contributed by atoms with Gasteiger partial charge in [-0.1, -0.05) is 5.16 Å². The molecular weight excluding hydrogens is 299 g/mol. The number of aromatic nitrogens is 2. The van der Waals surface area contributed by atoms with Gasteiger partial charge in [0.15, 0.2) is 23.3 Å². The summed E-state index contributed by atoms with van der Waals surface area (Å²) in [7, 11) is 3.24. The van der Waals surface area contributed by atoms with Crippen LogP contribution in [0.25, 0.3) is 0 Å². The molecule has 0 radical (unpaired) electrons. The predicted molar refractivity (Wildman–Crippen MR) is 71.2 cm³/mol. The van der Waals surface area contributed by atoms with E-state index in [0.29, 0.717) is 17.3 Å². The number of methoxy groups -OCH3 is 1. The van der Waals surface area contributed by atoms with E-state index in [1.54, 1.807) is 18.9 Å². The summed E-state index contributed by atoms with van der Waals surface area (Å²) >= 11 is 0. The Kier molecular flexibility index (Phi) is 5.15. The average Bonchev–Trinajstić information content (AvgIpc) is 2.92. The fourth-order valence-electron chi connectivity index (χ4n) is 1.94. The minimum absolute atomic E-state index is 0.192. The van der Waals surface area contributed by atoms with Crippen molar-refractivity contribution >= 4 is 0 Å². The maximum atomic E-state index is 13.2. The van der Waals surface area contributed by atoms with Crippen LogP contribution < -0.4 is 0 Å². The smallest absolute Gasteiger partial charge is 0.243 e. The SMILES string of the molecule is COCc1noc([C@@H](C)N(C)Cc2cc(F)c(F)c(F)c2)n1. The first-order valence-electron chi connectivity index (χ1n) is 6.57. The highest BCUT2D eigenvalue weighted by Crippen LogP contribution is 2.21. The summed E-state index contributed by atoms with van der Waals surface area (Å²) < 4.78 is 49.4. The average molecular weight is 315 g/mol. The molecule has 0 amide bonds. The molecule has 0 aliphatic rings. The van der Waals surface area contributed by atoms with Gasteiger partial charge < -0.3 is 9.26 Å². The summed E-state index contributed by atoms with van der Waals surface area (Å²) in [6.45, 7) is 2.23. The third-order valence-corrected chi connectivity index (χ3v) is 3.25. The number of hydrogen-bond acceptors (Lipinski definition) is 5. The summed E-state index contributed by atoms with van der Waals surface area (Å²) in [4.78, 5) is 5.91. The minimum Gasteiger partial charge on any atom is -0.377 e. The van der Waals surface area contributed by atoms with Gasteiger partial charge in [0.1, 0.15) is 6.61 Å². The molecule has 0 fully saturated rings. The zero-order valence-corrected chi connectivity index (χ0v) is 12.4. The largest absolute Gasteiger partial charge is 0.377 e. The van der Waals surface area contributed by atoms with Crippen LogP contribution >= 0.6 is 0 Å². The van der Waals surface area contributed by atoms with Crippen molar-refractivity contribution in [2.45, 2.75) is 26.1 Å². The summed E-state index contributed by atoms with van der Waals surface area (Å²) in [6.07, 6.45) is 0. The van der Waals surface area contributed by atoms with Gasteiger partial charge in [-0.3, -0.25) is 4.90 Å². The van der Waals surface area contributed by atoms with Crippen molar-refractivity contribution in [2.75, 3.05) is 14.2 Å². The molecule has 2 aromatic rings. The van der Waals surface area contributed by atoms with Crippen molar-refractivity contribution in [3.63, 3.8) is 0 Å². The predicted octanol–water partition coefficient (Wildman–Crippen LogP) is 2.83. The van der Waals surface area contributed by atoms with Gasteiger partial charge in [0.25, 0.3) is 0 Å². The highest BCUT2D eigenvalue weighted by molar-refractivity contribution is 5.19. The number of nitrogens with zero attached hydrogens (tertiary/aromatic N) is 3. The summed E-state index contributed by atoms with van der Waals surface area (Å²) in [5, 5.41) is 3.75. The van der Waals surface area contributed by atoms with Gasteiger partial charge >= 0.3 is 0 Å². The summed E-state index contributed by atoms with van der Waals surface area (Å²) in [5.74, 6) is -3.12. The lowest BCUT2D eigenvalue weighted by molar-refractivity contribution is 0.173. The number of halogens is 3. The molecule has 2 rings (SSSR count). The van der Waals surface area contributed by atoms with Gasteiger partial charge in [-0.05, 0) is 31.7 Å². The highest BCUT2D eigenvalue weighted by Gasteiger charge is 2.20. The van der Waals surface area contributed by atoms with Crippen LogP contribution in [0.5, 0.6) is 0 Å². The Morgan fingerprint density at radius 2 is 1.91 bits per heavy atom. The van der Waals surface area contributed by atoms with Crippen LogP contribution in [0.4, 0.5) is 13.2 Å². The molecule has 1 heterocycles. The van der Waals surface area contributed by atoms with Gasteiger partial charge in [-0.15, -0.1) is 0 Å². The van der Waals surface area contributed by atoms with E-state index < -0.39 is 17.5 Å². The van der Waals surface area contributed by atoms with E-state index in [4.69, 9.17) is 9.26 Å². The quantitative estimate of drug-likeness (QED) is 0.767. The fourth-order valence-corrected chi connectivity index (χ4v) is 1.94. The van der Waals surface area contributed by atoms with Gasteiger partial charge in [-0.2, -0.15) is 4.98 Å². The summed E-state index contributed by atoms with van der Waals surface area (Å²) in [6, 6.07) is 1.65. The zero-order valence-electron chi connectivity index (χ0n) is 12.4. The normalized spacial score (nSPS) is 12.9. The minimum atomic E-state index is -1.47. The fraction of sp³-hybridized carbons (Fsp3) is 0.429. The summed E-state index contributed by atoms with van der Waals surface area (Å²) in [5.41, 5.74) is 0.308. The molecule has 1 aromatic heterocycles. The Balaban J connectivity index is 2.08. The molecular formula is C14H16F3N3O2. The van der Waals surface area contributed by atoms with E-state index >= 15 is 0 Å². The molecule has 0 aliphatic heterocycles. The Bertz CT molecular complexity index is 625. The van der Waals surface area contributed by atoms with Crippen molar-refractivity contribution in [1.29, 1.82) is 0 Å². The second kappa shape index (κ2) is 6.89. The van der Waals surface area contributed by atoms with Gasteiger partial charge in [0.2, 0.25) is 5.89 Å². The molecule has 0 spiro atoms. The van der Waals surface area contributed by atoms with E-state index in [9.17, 15) is 13.2 Å². The Morgan fingerprint density at radius 3 is 2.50 bits per heavy atom. The van der Waals surface area contributed by atoms with E-state index in [1.165, 1.54) is 7.11 Å². The molecule has 0 unspecified atom stereocenters. The van der Waals surface area contributed by atoms with Crippen LogP contribution in [0.1, 0.15) is 30.2 Å². The molecule has 22 heavy (non-hydrogen) atoms. The van der Waals surface area contributed by atoms with Gasteiger partial charge in [-0.25, -0.2) is 13.2 Å². The van der Waals surface area contributed by atoms with Gasteiger partial charge in [0, 0.05) is 13.7 Å². The standard InChI is InChI=1S/C14H16F3N3O2/c1-8(14-18-12(7-21-3)19-22-14)20(2)6-9-4-10(15)13(17)11(16)5-9/h4-5,8H,6-7H2,1-3H3/t8-/m1/s1. The molecule has 1 aromatic carbocycles. The third kappa shape index (κ3) is 3.63. The number of rotatable bonds is 6. The second-order valence-corrected chi connectivity index (χ2v) is 4.95. The number of hydrogen-bond donors (Lipinski definition) is 0. The molecule has 5 nitrogen and oxygen atoms in total. The van der Waals surface area contributed by atoms with E-state index in [0.717, 1.165) is 12.1 Å².